The number of amides is 1. The van der Waals surface area contributed by atoms with Crippen LogP contribution in [0.1, 0.15) is 29.2 Å². The first-order valence-corrected chi connectivity index (χ1v) is 12.8. The summed E-state index contributed by atoms with van der Waals surface area (Å²) >= 11 is 2.73. The summed E-state index contributed by atoms with van der Waals surface area (Å²) in [5.74, 6) is 0.196. The number of hydrogen-bond acceptors (Lipinski definition) is 5. The standard InChI is InChI=1S/C26H27N3O2S2/c1-5-28(21-8-6-7-17(2)13-21)23(30)16-33-26-27-22-11-12-32-24(22)25(31)29(26)15-20-10-9-18(3)19(4)14-20/h6-14H,5,15-16H2,1-4H3. The molecule has 0 radical (unpaired) electrons. The third-order valence-corrected chi connectivity index (χ3v) is 7.55. The quantitative estimate of drug-likeness (QED) is 0.258. The topological polar surface area (TPSA) is 55.2 Å². The molecule has 0 unspecified atom stereocenters. The number of thioether (sulfide) groups is 1. The predicted molar refractivity (Wildman–Crippen MR) is 139 cm³/mol. The molecule has 170 valence electrons. The zero-order chi connectivity index (χ0) is 23.5. The van der Waals surface area contributed by atoms with E-state index in [1.807, 2.05) is 55.6 Å². The Morgan fingerprint density at radius 3 is 2.64 bits per heavy atom. The molecule has 0 saturated heterocycles. The molecule has 4 rings (SSSR count). The molecule has 0 atom stereocenters. The summed E-state index contributed by atoms with van der Waals surface area (Å²) in [5, 5.41) is 2.45. The Kier molecular flexibility index (Phi) is 7.00. The first-order chi connectivity index (χ1) is 15.9. The van der Waals surface area contributed by atoms with Gasteiger partial charge in [-0.1, -0.05) is 42.1 Å². The Bertz CT molecular complexity index is 1370. The number of aryl methyl sites for hydroxylation is 3. The van der Waals surface area contributed by atoms with Crippen molar-refractivity contribution in [3.8, 4) is 0 Å². The summed E-state index contributed by atoms with van der Waals surface area (Å²) < 4.78 is 2.34. The van der Waals surface area contributed by atoms with Crippen LogP contribution in [0.5, 0.6) is 0 Å². The highest BCUT2D eigenvalue weighted by Gasteiger charge is 2.18. The van der Waals surface area contributed by atoms with Gasteiger partial charge in [0, 0.05) is 12.2 Å². The fourth-order valence-electron chi connectivity index (χ4n) is 3.76. The second-order valence-corrected chi connectivity index (χ2v) is 9.96. The van der Waals surface area contributed by atoms with Gasteiger partial charge >= 0.3 is 0 Å². The van der Waals surface area contributed by atoms with Crippen molar-refractivity contribution in [3.05, 3.63) is 86.5 Å². The van der Waals surface area contributed by atoms with E-state index in [1.165, 1.54) is 34.2 Å². The second-order valence-electron chi connectivity index (χ2n) is 8.10. The summed E-state index contributed by atoms with van der Waals surface area (Å²) in [6.07, 6.45) is 0. The monoisotopic (exact) mass is 477 g/mol. The minimum absolute atomic E-state index is 0.00880. The normalized spacial score (nSPS) is 11.2. The molecule has 2 heterocycles. The van der Waals surface area contributed by atoms with Gasteiger partial charge in [-0.3, -0.25) is 14.2 Å². The Labute approximate surface area is 202 Å². The van der Waals surface area contributed by atoms with Crippen LogP contribution in [-0.4, -0.2) is 27.8 Å². The summed E-state index contributed by atoms with van der Waals surface area (Å²) in [5.41, 5.74) is 6.06. The second kappa shape index (κ2) is 9.93. The highest BCUT2D eigenvalue weighted by Crippen LogP contribution is 2.24. The van der Waals surface area contributed by atoms with Crippen LogP contribution < -0.4 is 10.5 Å². The maximum atomic E-state index is 13.3. The molecule has 0 spiro atoms. The van der Waals surface area contributed by atoms with Crippen molar-refractivity contribution in [2.75, 3.05) is 17.2 Å². The highest BCUT2D eigenvalue weighted by atomic mass is 32.2. The maximum Gasteiger partial charge on any atom is 0.272 e. The number of carbonyl (C=O) groups excluding carboxylic acids is 1. The van der Waals surface area contributed by atoms with E-state index < -0.39 is 0 Å². The smallest absolute Gasteiger partial charge is 0.272 e. The predicted octanol–water partition coefficient (Wildman–Crippen LogP) is 5.58. The molecule has 0 aliphatic heterocycles. The average molecular weight is 478 g/mol. The first-order valence-electron chi connectivity index (χ1n) is 10.9. The van der Waals surface area contributed by atoms with Crippen molar-refractivity contribution in [1.82, 2.24) is 9.55 Å². The van der Waals surface area contributed by atoms with Gasteiger partial charge in [-0.05, 0) is 73.5 Å². The molecule has 5 nitrogen and oxygen atoms in total. The Balaban J connectivity index is 1.63. The molecular formula is C26H27N3O2S2. The number of thiophene rings is 1. The summed E-state index contributed by atoms with van der Waals surface area (Å²) in [7, 11) is 0. The summed E-state index contributed by atoms with van der Waals surface area (Å²) in [4.78, 5) is 32.9. The summed E-state index contributed by atoms with van der Waals surface area (Å²) in [6.45, 7) is 9.13. The van der Waals surface area contributed by atoms with E-state index in [1.54, 1.807) is 9.47 Å². The number of rotatable bonds is 7. The lowest BCUT2D eigenvalue weighted by Crippen LogP contribution is -2.32. The van der Waals surface area contributed by atoms with Gasteiger partial charge in [0.05, 0.1) is 17.8 Å². The molecule has 7 heteroatoms. The van der Waals surface area contributed by atoms with Gasteiger partial charge in [-0.25, -0.2) is 4.98 Å². The fraction of sp³-hybridized carbons (Fsp3) is 0.269. The number of fused-ring (bicyclic) bond motifs is 1. The lowest BCUT2D eigenvalue weighted by molar-refractivity contribution is -0.116. The molecular weight excluding hydrogens is 450 g/mol. The lowest BCUT2D eigenvalue weighted by Gasteiger charge is -2.21. The molecule has 0 aliphatic carbocycles. The number of carbonyl (C=O) groups is 1. The third kappa shape index (κ3) is 5.04. The van der Waals surface area contributed by atoms with E-state index in [4.69, 9.17) is 4.98 Å². The zero-order valence-corrected chi connectivity index (χ0v) is 20.9. The van der Waals surface area contributed by atoms with Crippen molar-refractivity contribution in [1.29, 1.82) is 0 Å². The molecule has 2 aromatic heterocycles. The fourth-order valence-corrected chi connectivity index (χ4v) is 5.41. The molecule has 0 fully saturated rings. The van der Waals surface area contributed by atoms with Gasteiger partial charge < -0.3 is 4.90 Å². The SMILES string of the molecule is CCN(C(=O)CSc1nc2ccsc2c(=O)n1Cc1ccc(C)c(C)c1)c1cccc(C)c1. The number of anilines is 1. The van der Waals surface area contributed by atoms with Gasteiger partial charge in [0.1, 0.15) is 4.70 Å². The number of nitrogens with zero attached hydrogens (tertiary/aromatic N) is 3. The molecule has 4 aromatic rings. The van der Waals surface area contributed by atoms with E-state index >= 15 is 0 Å². The first kappa shape index (κ1) is 23.3. The van der Waals surface area contributed by atoms with Crippen LogP contribution >= 0.6 is 23.1 Å². The number of aromatic nitrogens is 2. The molecule has 2 aromatic carbocycles. The largest absolute Gasteiger partial charge is 0.312 e. The van der Waals surface area contributed by atoms with Crippen molar-refractivity contribution >= 4 is 44.9 Å². The van der Waals surface area contributed by atoms with Crippen LogP contribution in [0.15, 0.2) is 63.9 Å². The van der Waals surface area contributed by atoms with Crippen LogP contribution in [0.3, 0.4) is 0 Å². The Hall–Kier alpha value is -2.90. The molecule has 33 heavy (non-hydrogen) atoms. The van der Waals surface area contributed by atoms with E-state index in [0.29, 0.717) is 28.5 Å². The third-order valence-electron chi connectivity index (χ3n) is 5.70. The van der Waals surface area contributed by atoms with Gasteiger partial charge in [-0.2, -0.15) is 0 Å². The number of benzene rings is 2. The maximum absolute atomic E-state index is 13.3. The van der Waals surface area contributed by atoms with Crippen molar-refractivity contribution < 1.29 is 4.79 Å². The van der Waals surface area contributed by atoms with Crippen LogP contribution in [-0.2, 0) is 11.3 Å². The number of hydrogen-bond donors (Lipinski definition) is 0. The van der Waals surface area contributed by atoms with Gasteiger partial charge in [0.15, 0.2) is 5.16 Å². The van der Waals surface area contributed by atoms with Crippen LogP contribution in [0.2, 0.25) is 0 Å². The van der Waals surface area contributed by atoms with Crippen molar-refractivity contribution in [2.24, 2.45) is 0 Å². The molecule has 0 aliphatic rings. The van der Waals surface area contributed by atoms with Crippen molar-refractivity contribution in [3.63, 3.8) is 0 Å². The van der Waals surface area contributed by atoms with Gasteiger partial charge in [-0.15, -0.1) is 11.3 Å². The van der Waals surface area contributed by atoms with Crippen molar-refractivity contribution in [2.45, 2.75) is 39.4 Å². The van der Waals surface area contributed by atoms with Crippen LogP contribution in [0, 0.1) is 20.8 Å². The van der Waals surface area contributed by atoms with Crippen LogP contribution in [0.25, 0.3) is 10.2 Å². The highest BCUT2D eigenvalue weighted by molar-refractivity contribution is 7.99. The average Bonchev–Trinajstić information content (AvgIpc) is 3.26. The molecule has 0 bridgehead atoms. The van der Waals surface area contributed by atoms with Gasteiger partial charge in [0.2, 0.25) is 5.91 Å². The van der Waals surface area contributed by atoms with E-state index in [-0.39, 0.29) is 17.2 Å². The van der Waals surface area contributed by atoms with E-state index in [9.17, 15) is 9.59 Å². The minimum atomic E-state index is -0.0609. The lowest BCUT2D eigenvalue weighted by atomic mass is 10.1. The van der Waals surface area contributed by atoms with Gasteiger partial charge in [0.25, 0.3) is 5.56 Å². The Morgan fingerprint density at radius 2 is 1.91 bits per heavy atom. The van der Waals surface area contributed by atoms with E-state index in [0.717, 1.165) is 16.8 Å². The van der Waals surface area contributed by atoms with Crippen LogP contribution in [0.4, 0.5) is 5.69 Å². The molecule has 1 amide bonds. The molecule has 0 N–H and O–H groups in total. The van der Waals surface area contributed by atoms with E-state index in [2.05, 4.69) is 26.0 Å². The zero-order valence-electron chi connectivity index (χ0n) is 19.3. The molecule has 0 saturated carbocycles. The summed E-state index contributed by atoms with van der Waals surface area (Å²) in [6, 6.07) is 16.0. The minimum Gasteiger partial charge on any atom is -0.312 e. The Morgan fingerprint density at radius 1 is 1.09 bits per heavy atom.